The summed E-state index contributed by atoms with van der Waals surface area (Å²) in [6.07, 6.45) is 2.94. The van der Waals surface area contributed by atoms with E-state index in [0.29, 0.717) is 17.9 Å². The molecule has 2 fully saturated rings. The Morgan fingerprint density at radius 2 is 2.03 bits per heavy atom. The summed E-state index contributed by atoms with van der Waals surface area (Å²) >= 11 is 8.07. The number of rotatable bonds is 5. The molecule has 2 bridgehead atoms. The fourth-order valence-electron chi connectivity index (χ4n) is 6.19. The average Bonchev–Trinajstić information content (AvgIpc) is 3.42. The summed E-state index contributed by atoms with van der Waals surface area (Å²) in [7, 11) is -2.65. The first-order chi connectivity index (χ1) is 16.9. The van der Waals surface area contributed by atoms with E-state index in [1.807, 2.05) is 38.1 Å². The van der Waals surface area contributed by atoms with Gasteiger partial charge in [0.1, 0.15) is 11.8 Å². The number of halogens is 1. The van der Waals surface area contributed by atoms with E-state index in [0.717, 1.165) is 31.5 Å². The first-order valence-electron chi connectivity index (χ1n) is 12.0. The zero-order chi connectivity index (χ0) is 26.3. The van der Waals surface area contributed by atoms with Gasteiger partial charge in [0.25, 0.3) is 10.1 Å². The molecule has 10 heteroatoms. The minimum absolute atomic E-state index is 0.0152. The third-order valence-electron chi connectivity index (χ3n) is 8.39. The minimum Gasteiger partial charge on any atom is -0.468 e. The zero-order valence-electron chi connectivity index (χ0n) is 20.7. The van der Waals surface area contributed by atoms with E-state index in [9.17, 15) is 18.0 Å². The number of carbonyl (C=O) groups excluding carboxylic acids is 2. The second kappa shape index (κ2) is 10.2. The van der Waals surface area contributed by atoms with Crippen molar-refractivity contribution >= 4 is 44.8 Å². The minimum atomic E-state index is -4.08. The van der Waals surface area contributed by atoms with E-state index >= 15 is 0 Å². The Morgan fingerprint density at radius 3 is 2.61 bits per heavy atom. The summed E-state index contributed by atoms with van der Waals surface area (Å²) in [5.41, 5.74) is 0.988. The van der Waals surface area contributed by atoms with Crippen molar-refractivity contribution in [3.05, 3.63) is 56.7 Å². The summed E-state index contributed by atoms with van der Waals surface area (Å²) in [5.74, 6) is -0.364. The summed E-state index contributed by atoms with van der Waals surface area (Å²) < 4.78 is 36.0. The summed E-state index contributed by atoms with van der Waals surface area (Å²) in [4.78, 5) is 27.7. The van der Waals surface area contributed by atoms with Crippen LogP contribution in [-0.4, -0.2) is 49.0 Å². The van der Waals surface area contributed by atoms with Crippen molar-refractivity contribution in [2.45, 2.75) is 52.1 Å². The van der Waals surface area contributed by atoms with Gasteiger partial charge in [0, 0.05) is 29.4 Å². The van der Waals surface area contributed by atoms with E-state index in [-0.39, 0.29) is 23.1 Å². The molecule has 1 aromatic carbocycles. The number of esters is 1. The van der Waals surface area contributed by atoms with E-state index in [2.05, 4.69) is 16.3 Å². The first-order valence-corrected chi connectivity index (χ1v) is 14.9. The highest BCUT2D eigenvalue weighted by molar-refractivity contribution is 7.85. The number of Topliss-reactive ketones (excluding diaryl/α,β-unsaturated/α-hetero) is 1. The lowest BCUT2D eigenvalue weighted by Crippen LogP contribution is -2.42. The molecular weight excluding hydrogens is 522 g/mol. The van der Waals surface area contributed by atoms with Gasteiger partial charge in [-0.3, -0.25) is 14.2 Å². The SMILES string of the molecule is CC1(C)[C@H]2CC[C@]1(CS(=O)(=O)O)C(=O)C2.COC(=O)[C@H](c1ccccc1Cl)N1CCc2sccc2C1. The number of benzene rings is 1. The molecule has 2 heterocycles. The number of hydrogen-bond donors (Lipinski definition) is 1. The Bertz CT molecular complexity index is 1260. The smallest absolute Gasteiger partial charge is 0.327 e. The van der Waals surface area contributed by atoms with Gasteiger partial charge in [-0.25, -0.2) is 4.79 Å². The second-order valence-corrected chi connectivity index (χ2v) is 13.3. The van der Waals surface area contributed by atoms with Gasteiger partial charge in [-0.1, -0.05) is 43.6 Å². The highest BCUT2D eigenvalue weighted by atomic mass is 35.5. The molecule has 0 saturated heterocycles. The molecule has 1 aliphatic heterocycles. The quantitative estimate of drug-likeness (QED) is 0.413. The van der Waals surface area contributed by atoms with Crippen molar-refractivity contribution in [3.63, 3.8) is 0 Å². The normalized spacial score (nSPS) is 25.6. The number of ether oxygens (including phenoxy) is 1. The predicted octanol–water partition coefficient (Wildman–Crippen LogP) is 4.94. The monoisotopic (exact) mass is 553 g/mol. The first kappa shape index (κ1) is 27.3. The summed E-state index contributed by atoms with van der Waals surface area (Å²) in [6.45, 7) is 5.48. The number of nitrogens with zero attached hydrogens (tertiary/aromatic N) is 1. The molecule has 1 N–H and O–H groups in total. The number of fused-ring (bicyclic) bond motifs is 3. The number of ketones is 1. The number of carbonyl (C=O) groups is 2. The van der Waals surface area contributed by atoms with Crippen molar-refractivity contribution in [3.8, 4) is 0 Å². The van der Waals surface area contributed by atoms with Crippen molar-refractivity contribution in [1.82, 2.24) is 4.90 Å². The summed E-state index contributed by atoms with van der Waals surface area (Å²) in [5, 5.41) is 2.71. The standard InChI is InChI=1S/C16H16ClNO2S.C10H16O4S/c1-20-16(19)15(12-4-2-3-5-13(12)17)18-8-6-14-11(10-18)7-9-21-14;1-9(2)7-3-4-10(9,8(11)5-7)6-15(12,13)14/h2-5,7,9,15H,6,8,10H2,1H3;7H,3-6H2,1-2H3,(H,12,13,14)/t15-;7-,10-/m00/s1. The van der Waals surface area contributed by atoms with Crippen LogP contribution < -0.4 is 0 Å². The maximum absolute atomic E-state index is 12.3. The molecule has 0 unspecified atom stereocenters. The molecule has 0 radical (unpaired) electrons. The van der Waals surface area contributed by atoms with Crippen molar-refractivity contribution in [2.75, 3.05) is 19.4 Å². The molecule has 2 aromatic rings. The molecule has 0 spiro atoms. The van der Waals surface area contributed by atoms with Crippen LogP contribution in [0.15, 0.2) is 35.7 Å². The van der Waals surface area contributed by atoms with Crippen LogP contribution in [0.3, 0.4) is 0 Å². The number of thiophene rings is 1. The van der Waals surface area contributed by atoms with Crippen LogP contribution in [0.1, 0.15) is 55.2 Å². The van der Waals surface area contributed by atoms with Crippen LogP contribution in [0.4, 0.5) is 0 Å². The van der Waals surface area contributed by atoms with E-state index in [4.69, 9.17) is 20.9 Å². The molecule has 2 saturated carbocycles. The fourth-order valence-corrected chi connectivity index (χ4v) is 8.62. The van der Waals surface area contributed by atoms with Gasteiger partial charge in [-0.15, -0.1) is 11.3 Å². The van der Waals surface area contributed by atoms with E-state index in [1.54, 1.807) is 11.3 Å². The number of methoxy groups -OCH3 is 1. The molecule has 36 heavy (non-hydrogen) atoms. The third-order valence-corrected chi connectivity index (χ3v) is 10.6. The Morgan fingerprint density at radius 1 is 1.31 bits per heavy atom. The lowest BCUT2D eigenvalue weighted by molar-refractivity contribution is -0.147. The van der Waals surface area contributed by atoms with Gasteiger partial charge in [0.2, 0.25) is 0 Å². The summed E-state index contributed by atoms with van der Waals surface area (Å²) in [6, 6.07) is 9.16. The second-order valence-electron chi connectivity index (χ2n) is 10.4. The van der Waals surface area contributed by atoms with Crippen LogP contribution in [0.25, 0.3) is 0 Å². The zero-order valence-corrected chi connectivity index (χ0v) is 23.1. The maximum Gasteiger partial charge on any atom is 0.327 e. The highest BCUT2D eigenvalue weighted by Crippen LogP contribution is 2.64. The lowest BCUT2D eigenvalue weighted by atomic mass is 9.70. The Hall–Kier alpha value is -1.78. The van der Waals surface area contributed by atoms with Gasteiger partial charge in [0.15, 0.2) is 0 Å². The maximum atomic E-state index is 12.3. The third kappa shape index (κ3) is 5.00. The molecule has 2 aliphatic carbocycles. The molecule has 3 atom stereocenters. The Balaban J connectivity index is 0.000000179. The fraction of sp³-hybridized carbons (Fsp3) is 0.538. The predicted molar refractivity (Wildman–Crippen MR) is 140 cm³/mol. The largest absolute Gasteiger partial charge is 0.468 e. The van der Waals surface area contributed by atoms with Gasteiger partial charge in [-0.2, -0.15) is 8.42 Å². The van der Waals surface area contributed by atoms with Crippen LogP contribution in [-0.2, 0) is 37.4 Å². The lowest BCUT2D eigenvalue weighted by Gasteiger charge is -2.35. The average molecular weight is 554 g/mol. The van der Waals surface area contributed by atoms with Gasteiger partial charge < -0.3 is 4.74 Å². The molecule has 3 aliphatic rings. The van der Waals surface area contributed by atoms with E-state index < -0.39 is 27.3 Å². The van der Waals surface area contributed by atoms with Crippen LogP contribution in [0, 0.1) is 16.7 Å². The van der Waals surface area contributed by atoms with E-state index in [1.165, 1.54) is 17.6 Å². The van der Waals surface area contributed by atoms with Crippen LogP contribution in [0.2, 0.25) is 5.02 Å². The van der Waals surface area contributed by atoms with Gasteiger partial charge >= 0.3 is 5.97 Å². The number of hydrogen-bond acceptors (Lipinski definition) is 7. The van der Waals surface area contributed by atoms with Crippen molar-refractivity contribution < 1.29 is 27.3 Å². The van der Waals surface area contributed by atoms with Crippen molar-refractivity contribution in [1.29, 1.82) is 0 Å². The molecule has 196 valence electrons. The Labute approximate surface area is 221 Å². The van der Waals surface area contributed by atoms with Crippen LogP contribution >= 0.6 is 22.9 Å². The molecule has 5 rings (SSSR count). The Kier molecular flexibility index (Phi) is 7.70. The molecule has 0 amide bonds. The van der Waals surface area contributed by atoms with Gasteiger partial charge in [-0.05, 0) is 59.2 Å². The van der Waals surface area contributed by atoms with Gasteiger partial charge in [0.05, 0.1) is 18.3 Å². The van der Waals surface area contributed by atoms with Crippen molar-refractivity contribution in [2.24, 2.45) is 16.7 Å². The molecular formula is C26H32ClNO6S2. The highest BCUT2D eigenvalue weighted by Gasteiger charge is 2.65. The molecule has 7 nitrogen and oxygen atoms in total. The van der Waals surface area contributed by atoms with Crippen LogP contribution in [0.5, 0.6) is 0 Å². The topological polar surface area (TPSA) is 101 Å². The molecule has 1 aromatic heterocycles.